The number of halogens is 3. The number of nitrogens with zero attached hydrogens (tertiary/aromatic N) is 7. The van der Waals surface area contributed by atoms with Gasteiger partial charge in [0.2, 0.25) is 22.4 Å². The first-order chi connectivity index (χ1) is 17.1. The van der Waals surface area contributed by atoms with Crippen molar-refractivity contribution >= 4 is 22.4 Å². The van der Waals surface area contributed by atoms with E-state index in [4.69, 9.17) is 0 Å². The van der Waals surface area contributed by atoms with Crippen molar-refractivity contribution in [2.24, 2.45) is 0 Å². The Balaban J connectivity index is 1.52. The van der Waals surface area contributed by atoms with Gasteiger partial charge in [-0.05, 0) is 18.9 Å². The van der Waals surface area contributed by atoms with E-state index < -0.39 is 34.6 Å². The van der Waals surface area contributed by atoms with E-state index in [9.17, 15) is 31.6 Å². The Kier molecular flexibility index (Phi) is 9.33. The molecule has 2 aromatic rings. The molecule has 2 aromatic heterocycles. The van der Waals surface area contributed by atoms with Crippen molar-refractivity contribution in [3.05, 3.63) is 36.7 Å². The minimum absolute atomic E-state index is 0.106. The summed E-state index contributed by atoms with van der Waals surface area (Å²) >= 11 is 0. The number of alkyl halides is 3. The summed E-state index contributed by atoms with van der Waals surface area (Å²) < 4.78 is 68.6. The van der Waals surface area contributed by atoms with Gasteiger partial charge in [-0.3, -0.25) is 10.0 Å². The van der Waals surface area contributed by atoms with Gasteiger partial charge >= 0.3 is 6.18 Å². The lowest BCUT2D eigenvalue weighted by Gasteiger charge is -2.35. The lowest BCUT2D eigenvalue weighted by Crippen LogP contribution is -2.51. The van der Waals surface area contributed by atoms with Crippen molar-refractivity contribution in [3.63, 3.8) is 0 Å². The van der Waals surface area contributed by atoms with Gasteiger partial charge in [-0.2, -0.15) is 17.5 Å². The fourth-order valence-electron chi connectivity index (χ4n) is 3.56. The van der Waals surface area contributed by atoms with Gasteiger partial charge in [0.15, 0.2) is 12.4 Å². The smallest absolute Gasteiger partial charge is 0.422 e. The second kappa shape index (κ2) is 12.2. The fraction of sp³-hybridized carbons (Fsp3) is 0.550. The zero-order valence-corrected chi connectivity index (χ0v) is 20.0. The molecule has 3 rings (SSSR count). The zero-order valence-electron chi connectivity index (χ0n) is 19.2. The van der Waals surface area contributed by atoms with Crippen LogP contribution in [-0.2, 0) is 21.2 Å². The standard InChI is InChI=1S/C20H26F3N7O5S/c21-20(22,23)14-35-17-11-26-19(27-12-17)28-7-9-29(10-8-28)36(33,34)13-16(30(32)15-31)3-1-4-18-24-5-2-6-25-18/h2,5-6,11-12,15-16,32H,1,3-4,7-10,13-14H2. The number of piperazine rings is 1. The Morgan fingerprint density at radius 1 is 1.11 bits per heavy atom. The Bertz CT molecular complexity index is 1070. The molecule has 36 heavy (non-hydrogen) atoms. The summed E-state index contributed by atoms with van der Waals surface area (Å²) in [6.45, 7) is -0.754. The van der Waals surface area contributed by atoms with Crippen LogP contribution in [-0.4, -0.2) is 100 Å². The predicted molar refractivity (Wildman–Crippen MR) is 120 cm³/mol. The van der Waals surface area contributed by atoms with Gasteiger partial charge in [-0.15, -0.1) is 0 Å². The van der Waals surface area contributed by atoms with Crippen molar-refractivity contribution < 1.29 is 36.3 Å². The topological polar surface area (TPSA) is 142 Å². The van der Waals surface area contributed by atoms with E-state index in [2.05, 4.69) is 24.7 Å². The average molecular weight is 534 g/mol. The van der Waals surface area contributed by atoms with Crippen molar-refractivity contribution in [2.45, 2.75) is 31.5 Å². The number of aromatic nitrogens is 4. The maximum atomic E-state index is 13.0. The van der Waals surface area contributed by atoms with Crippen LogP contribution in [0.15, 0.2) is 30.9 Å². The lowest BCUT2D eigenvalue weighted by atomic mass is 10.1. The van der Waals surface area contributed by atoms with Crippen LogP contribution in [0.5, 0.6) is 5.75 Å². The highest BCUT2D eigenvalue weighted by Crippen LogP contribution is 2.20. The number of hydroxylamine groups is 2. The minimum atomic E-state index is -4.48. The molecule has 0 bridgehead atoms. The molecule has 0 saturated carbocycles. The van der Waals surface area contributed by atoms with Crippen LogP contribution in [0.4, 0.5) is 19.1 Å². The summed E-state index contributed by atoms with van der Waals surface area (Å²) in [6.07, 6.45) is 2.28. The third-order valence-corrected chi connectivity index (χ3v) is 7.33. The molecule has 0 spiro atoms. The molecule has 1 fully saturated rings. The molecule has 0 aromatic carbocycles. The van der Waals surface area contributed by atoms with Crippen LogP contribution in [0, 0.1) is 0 Å². The van der Waals surface area contributed by atoms with E-state index in [-0.39, 0.29) is 50.7 Å². The van der Waals surface area contributed by atoms with Crippen molar-refractivity contribution in [1.29, 1.82) is 0 Å². The molecular weight excluding hydrogens is 507 g/mol. The first-order valence-corrected chi connectivity index (χ1v) is 12.6. The highest BCUT2D eigenvalue weighted by Gasteiger charge is 2.32. The van der Waals surface area contributed by atoms with Gasteiger partial charge in [-0.25, -0.2) is 33.4 Å². The van der Waals surface area contributed by atoms with Crippen molar-refractivity contribution in [2.75, 3.05) is 43.4 Å². The quantitative estimate of drug-likeness (QED) is 0.238. The molecule has 1 N–H and O–H groups in total. The molecular formula is C20H26F3N7O5S. The Morgan fingerprint density at radius 3 is 2.33 bits per heavy atom. The van der Waals surface area contributed by atoms with Gasteiger partial charge in [0.05, 0.1) is 24.2 Å². The number of anilines is 1. The predicted octanol–water partition coefficient (Wildman–Crippen LogP) is 0.899. The first-order valence-electron chi connectivity index (χ1n) is 11.0. The number of ether oxygens (including phenoxy) is 1. The van der Waals surface area contributed by atoms with E-state index >= 15 is 0 Å². The number of hydrogen-bond donors (Lipinski definition) is 1. The Morgan fingerprint density at radius 2 is 1.75 bits per heavy atom. The van der Waals surface area contributed by atoms with Gasteiger partial charge in [0.1, 0.15) is 5.82 Å². The number of carbonyl (C=O) groups is 1. The largest absolute Gasteiger partial charge is 0.481 e. The van der Waals surface area contributed by atoms with Crippen LogP contribution in [0.2, 0.25) is 0 Å². The molecule has 1 aliphatic rings. The SMILES string of the molecule is O=CN(O)C(CCCc1ncccn1)CS(=O)(=O)N1CCN(c2ncc(OCC(F)(F)F)cn2)CC1. The summed E-state index contributed by atoms with van der Waals surface area (Å²) in [5.74, 6) is 0.216. The molecule has 198 valence electrons. The van der Waals surface area contributed by atoms with Gasteiger partial charge in [0.25, 0.3) is 0 Å². The monoisotopic (exact) mass is 533 g/mol. The summed E-state index contributed by atoms with van der Waals surface area (Å²) in [7, 11) is -3.82. The van der Waals surface area contributed by atoms with E-state index in [1.165, 1.54) is 4.31 Å². The minimum Gasteiger partial charge on any atom is -0.481 e. The van der Waals surface area contributed by atoms with E-state index in [1.54, 1.807) is 23.4 Å². The maximum Gasteiger partial charge on any atom is 0.422 e. The highest BCUT2D eigenvalue weighted by molar-refractivity contribution is 7.89. The second-order valence-corrected chi connectivity index (χ2v) is 10.00. The normalized spacial score (nSPS) is 15.9. The third-order valence-electron chi connectivity index (χ3n) is 5.37. The molecule has 0 radical (unpaired) electrons. The third kappa shape index (κ3) is 8.23. The van der Waals surface area contributed by atoms with E-state index in [0.29, 0.717) is 23.7 Å². The molecule has 16 heteroatoms. The van der Waals surface area contributed by atoms with Crippen LogP contribution >= 0.6 is 0 Å². The van der Waals surface area contributed by atoms with Crippen LogP contribution in [0.25, 0.3) is 0 Å². The number of amides is 1. The maximum absolute atomic E-state index is 13.0. The average Bonchev–Trinajstić information content (AvgIpc) is 2.87. The molecule has 1 atom stereocenters. The lowest BCUT2D eigenvalue weighted by molar-refractivity contribution is -0.158. The Labute approximate surface area is 205 Å². The van der Waals surface area contributed by atoms with Gasteiger partial charge in [0, 0.05) is 45.0 Å². The van der Waals surface area contributed by atoms with Crippen LogP contribution in [0.3, 0.4) is 0 Å². The van der Waals surface area contributed by atoms with E-state index in [1.807, 2.05) is 0 Å². The summed E-state index contributed by atoms with van der Waals surface area (Å²) in [6, 6.07) is 0.733. The molecule has 1 aliphatic heterocycles. The van der Waals surface area contributed by atoms with Crippen LogP contribution in [0.1, 0.15) is 18.7 Å². The second-order valence-electron chi connectivity index (χ2n) is 7.98. The first kappa shape index (κ1) is 27.5. The molecule has 1 amide bonds. The summed E-state index contributed by atoms with van der Waals surface area (Å²) in [4.78, 5) is 29.0. The fourth-order valence-corrected chi connectivity index (χ4v) is 5.30. The number of hydrogen-bond acceptors (Lipinski definition) is 10. The van der Waals surface area contributed by atoms with Gasteiger partial charge < -0.3 is 9.64 Å². The number of aryl methyl sites for hydroxylation is 1. The molecule has 12 nitrogen and oxygen atoms in total. The van der Waals surface area contributed by atoms with Crippen LogP contribution < -0.4 is 9.64 Å². The molecule has 0 aliphatic carbocycles. The molecule has 1 unspecified atom stereocenters. The molecule has 3 heterocycles. The zero-order chi connectivity index (χ0) is 26.2. The summed E-state index contributed by atoms with van der Waals surface area (Å²) in [5, 5.41) is 10.3. The van der Waals surface area contributed by atoms with E-state index in [0.717, 1.165) is 12.4 Å². The summed E-state index contributed by atoms with van der Waals surface area (Å²) in [5.41, 5.74) is 0. The number of carbonyl (C=O) groups excluding carboxylic acids is 1. The van der Waals surface area contributed by atoms with Crippen molar-refractivity contribution in [1.82, 2.24) is 29.3 Å². The van der Waals surface area contributed by atoms with Gasteiger partial charge in [-0.1, -0.05) is 0 Å². The highest BCUT2D eigenvalue weighted by atomic mass is 32.2. The number of rotatable bonds is 12. The van der Waals surface area contributed by atoms with Crippen molar-refractivity contribution in [3.8, 4) is 5.75 Å². The Hall–Kier alpha value is -3.11. The molecule has 1 saturated heterocycles. The number of sulfonamides is 1.